The van der Waals surface area contributed by atoms with Gasteiger partial charge in [-0.05, 0) is 55.7 Å². The van der Waals surface area contributed by atoms with Crippen LogP contribution in [0.25, 0.3) is 0 Å². The van der Waals surface area contributed by atoms with Crippen molar-refractivity contribution in [3.63, 3.8) is 0 Å². The number of amides is 1. The van der Waals surface area contributed by atoms with Crippen LogP contribution in [-0.2, 0) is 0 Å². The second-order valence-electron chi connectivity index (χ2n) is 5.65. The van der Waals surface area contributed by atoms with Crippen LogP contribution in [0, 0.1) is 11.6 Å². The highest BCUT2D eigenvalue weighted by atomic mass is 19.1. The van der Waals surface area contributed by atoms with E-state index in [2.05, 4.69) is 10.2 Å². The fraction of sp³-hybridized carbons (Fsp3) is 0.278. The minimum absolute atomic E-state index is 0.369. The summed E-state index contributed by atoms with van der Waals surface area (Å²) in [5.74, 6) is -2.11. The molecule has 1 N–H and O–H groups in total. The van der Waals surface area contributed by atoms with Gasteiger partial charge in [0.2, 0.25) is 0 Å². The number of anilines is 2. The molecule has 0 bridgehead atoms. The Morgan fingerprint density at radius 3 is 2.13 bits per heavy atom. The molecule has 0 aliphatic carbocycles. The van der Waals surface area contributed by atoms with Gasteiger partial charge in [-0.15, -0.1) is 0 Å². The van der Waals surface area contributed by atoms with Crippen molar-refractivity contribution in [2.45, 2.75) is 19.3 Å². The number of benzene rings is 2. The molecule has 1 amide bonds. The van der Waals surface area contributed by atoms with Crippen molar-refractivity contribution in [1.82, 2.24) is 0 Å². The summed E-state index contributed by atoms with van der Waals surface area (Å²) < 4.78 is 27.1. The van der Waals surface area contributed by atoms with Crippen molar-refractivity contribution in [3.05, 3.63) is 59.7 Å². The molecular weight excluding hydrogens is 298 g/mol. The van der Waals surface area contributed by atoms with Crippen LogP contribution in [0.1, 0.15) is 29.6 Å². The minimum Gasteiger partial charge on any atom is -0.372 e. The molecule has 0 atom stereocenters. The quantitative estimate of drug-likeness (QED) is 0.920. The number of nitrogens with zero attached hydrogens (tertiary/aromatic N) is 1. The number of carbonyl (C=O) groups excluding carboxylic acids is 1. The summed E-state index contributed by atoms with van der Waals surface area (Å²) >= 11 is 0. The van der Waals surface area contributed by atoms with Gasteiger partial charge in [-0.3, -0.25) is 4.79 Å². The van der Waals surface area contributed by atoms with Crippen LogP contribution in [0.15, 0.2) is 42.5 Å². The SMILES string of the molecule is O=C(Nc1c(F)cccc1F)c1ccc(N2CCCCC2)cc1. The van der Waals surface area contributed by atoms with Gasteiger partial charge in [-0.25, -0.2) is 8.78 Å². The predicted molar refractivity (Wildman–Crippen MR) is 86.8 cm³/mol. The molecule has 1 aliphatic heterocycles. The molecule has 0 aromatic heterocycles. The molecule has 3 nitrogen and oxygen atoms in total. The minimum atomic E-state index is -0.789. The zero-order chi connectivity index (χ0) is 16.2. The standard InChI is InChI=1S/C18H18F2N2O/c19-15-5-4-6-16(20)17(15)21-18(23)13-7-9-14(10-8-13)22-11-2-1-3-12-22/h4-10H,1-3,11-12H2,(H,21,23). The van der Waals surface area contributed by atoms with E-state index in [0.717, 1.165) is 30.9 Å². The number of para-hydroxylation sites is 1. The third kappa shape index (κ3) is 3.50. The van der Waals surface area contributed by atoms with Crippen molar-refractivity contribution in [2.75, 3.05) is 23.3 Å². The van der Waals surface area contributed by atoms with Crippen LogP contribution < -0.4 is 10.2 Å². The molecule has 2 aromatic carbocycles. The molecule has 1 heterocycles. The van der Waals surface area contributed by atoms with Crippen LogP contribution in [0.4, 0.5) is 20.2 Å². The van der Waals surface area contributed by atoms with Crippen LogP contribution in [0.5, 0.6) is 0 Å². The van der Waals surface area contributed by atoms with E-state index in [1.54, 1.807) is 12.1 Å². The molecule has 1 fully saturated rings. The number of nitrogens with one attached hydrogen (secondary N) is 1. The van der Waals surface area contributed by atoms with E-state index in [1.807, 2.05) is 12.1 Å². The van der Waals surface area contributed by atoms with Gasteiger partial charge in [0.1, 0.15) is 17.3 Å². The average Bonchev–Trinajstić information content (AvgIpc) is 2.59. The van der Waals surface area contributed by atoms with E-state index in [0.29, 0.717) is 5.56 Å². The average molecular weight is 316 g/mol. The number of rotatable bonds is 3. The summed E-state index contributed by atoms with van der Waals surface area (Å²) in [7, 11) is 0. The van der Waals surface area contributed by atoms with Crippen molar-refractivity contribution >= 4 is 17.3 Å². The van der Waals surface area contributed by atoms with E-state index in [9.17, 15) is 13.6 Å². The third-order valence-corrected chi connectivity index (χ3v) is 4.05. The monoisotopic (exact) mass is 316 g/mol. The topological polar surface area (TPSA) is 32.3 Å². The highest BCUT2D eigenvalue weighted by Gasteiger charge is 2.15. The lowest BCUT2D eigenvalue weighted by molar-refractivity contribution is 0.102. The zero-order valence-electron chi connectivity index (χ0n) is 12.7. The molecule has 0 saturated carbocycles. The van der Waals surface area contributed by atoms with Crippen molar-refractivity contribution in [2.24, 2.45) is 0 Å². The van der Waals surface area contributed by atoms with Gasteiger partial charge < -0.3 is 10.2 Å². The molecule has 120 valence electrons. The second-order valence-corrected chi connectivity index (χ2v) is 5.65. The van der Waals surface area contributed by atoms with Crippen molar-refractivity contribution in [1.29, 1.82) is 0 Å². The number of piperidine rings is 1. The first-order chi connectivity index (χ1) is 11.1. The Morgan fingerprint density at radius 1 is 0.913 bits per heavy atom. The lowest BCUT2D eigenvalue weighted by atomic mass is 10.1. The zero-order valence-corrected chi connectivity index (χ0v) is 12.7. The fourth-order valence-electron chi connectivity index (χ4n) is 2.78. The number of hydrogen-bond acceptors (Lipinski definition) is 2. The molecule has 1 saturated heterocycles. The van der Waals surface area contributed by atoms with Crippen LogP contribution in [-0.4, -0.2) is 19.0 Å². The highest BCUT2D eigenvalue weighted by molar-refractivity contribution is 6.04. The first-order valence-electron chi connectivity index (χ1n) is 7.75. The van der Waals surface area contributed by atoms with Crippen LogP contribution >= 0.6 is 0 Å². The van der Waals surface area contributed by atoms with Gasteiger partial charge in [0.05, 0.1) is 0 Å². The van der Waals surface area contributed by atoms with Crippen molar-refractivity contribution in [3.8, 4) is 0 Å². The Bertz CT molecular complexity index is 674. The molecule has 0 spiro atoms. The maximum atomic E-state index is 13.6. The van der Waals surface area contributed by atoms with Gasteiger partial charge in [0, 0.05) is 24.3 Å². The molecule has 1 aliphatic rings. The molecule has 5 heteroatoms. The Kier molecular flexibility index (Phi) is 4.55. The predicted octanol–water partition coefficient (Wildman–Crippen LogP) is 4.21. The molecule has 2 aromatic rings. The first-order valence-corrected chi connectivity index (χ1v) is 7.75. The number of hydrogen-bond donors (Lipinski definition) is 1. The largest absolute Gasteiger partial charge is 0.372 e. The number of carbonyl (C=O) groups is 1. The van der Waals surface area contributed by atoms with Gasteiger partial charge in [0.25, 0.3) is 5.91 Å². The maximum absolute atomic E-state index is 13.6. The maximum Gasteiger partial charge on any atom is 0.255 e. The normalized spacial score (nSPS) is 14.6. The molecular formula is C18H18F2N2O. The van der Waals surface area contributed by atoms with Gasteiger partial charge in [-0.2, -0.15) is 0 Å². The van der Waals surface area contributed by atoms with E-state index >= 15 is 0 Å². The molecule has 0 unspecified atom stereocenters. The summed E-state index contributed by atoms with van der Waals surface area (Å²) in [6.45, 7) is 2.04. The third-order valence-electron chi connectivity index (χ3n) is 4.05. The Labute approximate surface area is 133 Å². The first kappa shape index (κ1) is 15.5. The highest BCUT2D eigenvalue weighted by Crippen LogP contribution is 2.22. The van der Waals surface area contributed by atoms with E-state index in [4.69, 9.17) is 0 Å². The van der Waals surface area contributed by atoms with E-state index < -0.39 is 23.2 Å². The van der Waals surface area contributed by atoms with Crippen LogP contribution in [0.2, 0.25) is 0 Å². The van der Waals surface area contributed by atoms with Gasteiger partial charge in [-0.1, -0.05) is 6.07 Å². The fourth-order valence-corrected chi connectivity index (χ4v) is 2.78. The lowest BCUT2D eigenvalue weighted by Gasteiger charge is -2.28. The Hall–Kier alpha value is -2.43. The second kappa shape index (κ2) is 6.77. The van der Waals surface area contributed by atoms with Gasteiger partial charge in [0.15, 0.2) is 0 Å². The van der Waals surface area contributed by atoms with Crippen LogP contribution in [0.3, 0.4) is 0 Å². The molecule has 0 radical (unpaired) electrons. The molecule has 23 heavy (non-hydrogen) atoms. The summed E-state index contributed by atoms with van der Waals surface area (Å²) in [6, 6.07) is 10.6. The summed E-state index contributed by atoms with van der Waals surface area (Å²) in [5.41, 5.74) is 1.02. The van der Waals surface area contributed by atoms with Crippen molar-refractivity contribution < 1.29 is 13.6 Å². The summed E-state index contributed by atoms with van der Waals surface area (Å²) in [6.07, 6.45) is 3.61. The van der Waals surface area contributed by atoms with Gasteiger partial charge >= 0.3 is 0 Å². The Balaban J connectivity index is 1.72. The van der Waals surface area contributed by atoms with E-state index in [1.165, 1.54) is 25.3 Å². The lowest BCUT2D eigenvalue weighted by Crippen LogP contribution is -2.29. The van der Waals surface area contributed by atoms with E-state index in [-0.39, 0.29) is 0 Å². The smallest absolute Gasteiger partial charge is 0.255 e. The Morgan fingerprint density at radius 2 is 1.52 bits per heavy atom. The summed E-state index contributed by atoms with van der Waals surface area (Å²) in [4.78, 5) is 14.4. The summed E-state index contributed by atoms with van der Waals surface area (Å²) in [5, 5.41) is 2.29. The number of halogens is 2. The molecule has 3 rings (SSSR count).